The van der Waals surface area contributed by atoms with Crippen LogP contribution in [0.3, 0.4) is 0 Å². The molecule has 0 saturated carbocycles. The SMILES string of the molecule is COc1ccc(C(=O)NNC(=O)COc2ccccc2-c2ccccc2)cc1OC(F)F. The van der Waals surface area contributed by atoms with Gasteiger partial charge >= 0.3 is 6.61 Å². The van der Waals surface area contributed by atoms with Crippen LogP contribution in [0.5, 0.6) is 17.2 Å². The highest BCUT2D eigenvalue weighted by molar-refractivity contribution is 5.96. The number of alkyl halides is 2. The molecule has 32 heavy (non-hydrogen) atoms. The van der Waals surface area contributed by atoms with E-state index in [0.717, 1.165) is 17.2 Å². The van der Waals surface area contributed by atoms with Gasteiger partial charge in [-0.2, -0.15) is 8.78 Å². The van der Waals surface area contributed by atoms with Gasteiger partial charge in [-0.3, -0.25) is 20.4 Å². The first-order chi connectivity index (χ1) is 15.5. The number of hydrazine groups is 1. The van der Waals surface area contributed by atoms with E-state index in [1.165, 1.54) is 19.2 Å². The highest BCUT2D eigenvalue weighted by Gasteiger charge is 2.15. The summed E-state index contributed by atoms with van der Waals surface area (Å²) < 4.78 is 39.9. The van der Waals surface area contributed by atoms with E-state index in [2.05, 4.69) is 15.6 Å². The third-order valence-corrected chi connectivity index (χ3v) is 4.29. The van der Waals surface area contributed by atoms with Gasteiger partial charge < -0.3 is 14.2 Å². The molecule has 2 N–H and O–H groups in total. The molecule has 0 aromatic heterocycles. The van der Waals surface area contributed by atoms with Crippen LogP contribution in [0.25, 0.3) is 11.1 Å². The third kappa shape index (κ3) is 5.94. The number of carbonyl (C=O) groups is 2. The lowest BCUT2D eigenvalue weighted by molar-refractivity contribution is -0.123. The summed E-state index contributed by atoms with van der Waals surface area (Å²) in [5, 5.41) is 0. The molecule has 0 heterocycles. The minimum Gasteiger partial charge on any atom is -0.493 e. The lowest BCUT2D eigenvalue weighted by atomic mass is 10.1. The molecule has 0 bridgehead atoms. The summed E-state index contributed by atoms with van der Waals surface area (Å²) in [5.41, 5.74) is 6.14. The molecular weight excluding hydrogens is 422 g/mol. The Balaban J connectivity index is 1.58. The molecule has 0 aliphatic carbocycles. The highest BCUT2D eigenvalue weighted by Crippen LogP contribution is 2.30. The second-order valence-corrected chi connectivity index (χ2v) is 6.40. The Kier molecular flexibility index (Phi) is 7.58. The molecule has 0 spiro atoms. The molecule has 0 atom stereocenters. The van der Waals surface area contributed by atoms with Gasteiger partial charge in [-0.25, -0.2) is 0 Å². The lowest BCUT2D eigenvalue weighted by Gasteiger charge is -2.13. The minimum atomic E-state index is -3.09. The molecule has 3 aromatic rings. The van der Waals surface area contributed by atoms with Gasteiger partial charge in [-0.05, 0) is 29.8 Å². The highest BCUT2D eigenvalue weighted by atomic mass is 19.3. The molecular formula is C23H20F2N2O5. The van der Waals surface area contributed by atoms with Gasteiger partial charge in [0.1, 0.15) is 5.75 Å². The Labute approximate surface area is 182 Å². The number of amides is 2. The normalized spacial score (nSPS) is 10.4. The first kappa shape index (κ1) is 22.5. The molecule has 9 heteroatoms. The average molecular weight is 442 g/mol. The minimum absolute atomic E-state index is 0.0166. The maximum atomic E-state index is 12.5. The smallest absolute Gasteiger partial charge is 0.387 e. The van der Waals surface area contributed by atoms with Crippen LogP contribution in [0.4, 0.5) is 8.78 Å². The fourth-order valence-corrected chi connectivity index (χ4v) is 2.83. The predicted octanol–water partition coefficient (Wildman–Crippen LogP) is 3.80. The second kappa shape index (κ2) is 10.8. The van der Waals surface area contributed by atoms with Crippen molar-refractivity contribution in [3.05, 3.63) is 78.4 Å². The standard InChI is InChI=1S/C23H20F2N2O5/c1-30-19-12-11-16(13-20(19)32-23(24)25)22(29)27-26-21(28)14-31-18-10-6-5-9-17(18)15-7-3-2-4-8-15/h2-13,23H,14H2,1H3,(H,26,28)(H,27,29). The first-order valence-corrected chi connectivity index (χ1v) is 9.47. The zero-order valence-corrected chi connectivity index (χ0v) is 17.0. The number of ether oxygens (including phenoxy) is 3. The number of benzene rings is 3. The summed E-state index contributed by atoms with van der Waals surface area (Å²) in [5.74, 6) is -1.11. The fourth-order valence-electron chi connectivity index (χ4n) is 2.83. The van der Waals surface area contributed by atoms with Crippen molar-refractivity contribution in [2.45, 2.75) is 6.61 Å². The van der Waals surface area contributed by atoms with Crippen LogP contribution >= 0.6 is 0 Å². The van der Waals surface area contributed by atoms with Crippen LogP contribution < -0.4 is 25.1 Å². The van der Waals surface area contributed by atoms with Crippen LogP contribution in [0.1, 0.15) is 10.4 Å². The number of hydrogen-bond acceptors (Lipinski definition) is 5. The fraction of sp³-hybridized carbons (Fsp3) is 0.130. The molecule has 0 radical (unpaired) electrons. The van der Waals surface area contributed by atoms with Crippen molar-refractivity contribution in [1.82, 2.24) is 10.9 Å². The van der Waals surface area contributed by atoms with E-state index >= 15 is 0 Å². The van der Waals surface area contributed by atoms with Crippen molar-refractivity contribution < 1.29 is 32.6 Å². The molecule has 0 aliphatic heterocycles. The molecule has 0 aliphatic rings. The largest absolute Gasteiger partial charge is 0.493 e. The lowest BCUT2D eigenvalue weighted by Crippen LogP contribution is -2.43. The molecule has 2 amide bonds. The Morgan fingerprint density at radius 1 is 0.875 bits per heavy atom. The Bertz CT molecular complexity index is 1080. The molecule has 0 saturated heterocycles. The van der Waals surface area contributed by atoms with Crippen molar-refractivity contribution in [3.8, 4) is 28.4 Å². The molecule has 0 fully saturated rings. The summed E-state index contributed by atoms with van der Waals surface area (Å²) in [6.07, 6.45) is 0. The van der Waals surface area contributed by atoms with Crippen LogP contribution in [-0.2, 0) is 4.79 Å². The molecule has 0 unspecified atom stereocenters. The van der Waals surface area contributed by atoms with E-state index in [1.54, 1.807) is 12.1 Å². The molecule has 3 rings (SSSR count). The van der Waals surface area contributed by atoms with E-state index in [9.17, 15) is 18.4 Å². The van der Waals surface area contributed by atoms with Gasteiger partial charge in [0, 0.05) is 11.1 Å². The number of halogens is 2. The van der Waals surface area contributed by atoms with Crippen molar-refractivity contribution in [3.63, 3.8) is 0 Å². The summed E-state index contributed by atoms with van der Waals surface area (Å²) in [6.45, 7) is -3.44. The zero-order chi connectivity index (χ0) is 22.9. The number of nitrogens with one attached hydrogen (secondary N) is 2. The van der Waals surface area contributed by atoms with Crippen molar-refractivity contribution >= 4 is 11.8 Å². The summed E-state index contributed by atoms with van der Waals surface area (Å²) in [6, 6.07) is 20.5. The average Bonchev–Trinajstić information content (AvgIpc) is 2.81. The first-order valence-electron chi connectivity index (χ1n) is 9.47. The topological polar surface area (TPSA) is 85.9 Å². The summed E-state index contributed by atoms with van der Waals surface area (Å²) in [7, 11) is 1.28. The van der Waals surface area contributed by atoms with Gasteiger partial charge in [-0.1, -0.05) is 48.5 Å². The predicted molar refractivity (Wildman–Crippen MR) is 113 cm³/mol. The van der Waals surface area contributed by atoms with Crippen LogP contribution in [0, 0.1) is 0 Å². The zero-order valence-electron chi connectivity index (χ0n) is 17.0. The van der Waals surface area contributed by atoms with E-state index in [0.29, 0.717) is 5.75 Å². The molecule has 166 valence electrons. The second-order valence-electron chi connectivity index (χ2n) is 6.40. The number of hydrogen-bond donors (Lipinski definition) is 2. The molecule has 7 nitrogen and oxygen atoms in total. The number of para-hydroxylation sites is 1. The van der Waals surface area contributed by atoms with Gasteiger partial charge in [0.2, 0.25) is 0 Å². The number of rotatable bonds is 8. The van der Waals surface area contributed by atoms with Crippen molar-refractivity contribution in [2.24, 2.45) is 0 Å². The third-order valence-electron chi connectivity index (χ3n) is 4.29. The molecule has 3 aromatic carbocycles. The van der Waals surface area contributed by atoms with Gasteiger partial charge in [-0.15, -0.1) is 0 Å². The maximum absolute atomic E-state index is 12.5. The van der Waals surface area contributed by atoms with E-state index < -0.39 is 18.4 Å². The van der Waals surface area contributed by atoms with Gasteiger partial charge in [0.15, 0.2) is 18.1 Å². The Morgan fingerprint density at radius 3 is 2.31 bits per heavy atom. The van der Waals surface area contributed by atoms with Crippen LogP contribution in [0.2, 0.25) is 0 Å². The van der Waals surface area contributed by atoms with E-state index in [1.807, 2.05) is 42.5 Å². The van der Waals surface area contributed by atoms with Crippen LogP contribution in [-0.4, -0.2) is 32.1 Å². The maximum Gasteiger partial charge on any atom is 0.387 e. The summed E-state index contributed by atoms with van der Waals surface area (Å²) in [4.78, 5) is 24.4. The Hall–Kier alpha value is -4.14. The number of carbonyl (C=O) groups excluding carboxylic acids is 2. The van der Waals surface area contributed by atoms with E-state index in [4.69, 9.17) is 9.47 Å². The van der Waals surface area contributed by atoms with Crippen molar-refractivity contribution in [1.29, 1.82) is 0 Å². The number of methoxy groups -OCH3 is 1. The monoisotopic (exact) mass is 442 g/mol. The van der Waals surface area contributed by atoms with Crippen LogP contribution in [0.15, 0.2) is 72.8 Å². The van der Waals surface area contributed by atoms with Gasteiger partial charge in [0.05, 0.1) is 7.11 Å². The summed E-state index contributed by atoms with van der Waals surface area (Å²) >= 11 is 0. The van der Waals surface area contributed by atoms with Gasteiger partial charge in [0.25, 0.3) is 11.8 Å². The Morgan fingerprint density at radius 2 is 1.59 bits per heavy atom. The van der Waals surface area contributed by atoms with E-state index in [-0.39, 0.29) is 23.7 Å². The quantitative estimate of drug-likeness (QED) is 0.519. The van der Waals surface area contributed by atoms with Crippen molar-refractivity contribution in [2.75, 3.05) is 13.7 Å².